The highest BCUT2D eigenvalue weighted by Gasteiger charge is 2.31. The number of hydrogen-bond donors (Lipinski definition) is 1. The number of piperidine rings is 1. The molecular formula is C12H19N3O5S. The van der Waals surface area contributed by atoms with E-state index in [1.54, 1.807) is 4.57 Å². The Hall–Kier alpha value is -1.45. The number of nitrogens with zero attached hydrogens (tertiary/aromatic N) is 3. The maximum atomic E-state index is 12.4. The summed E-state index contributed by atoms with van der Waals surface area (Å²) in [5.41, 5.74) is 0. The Morgan fingerprint density at radius 3 is 2.67 bits per heavy atom. The van der Waals surface area contributed by atoms with Crippen molar-refractivity contribution in [2.45, 2.75) is 37.4 Å². The van der Waals surface area contributed by atoms with Crippen LogP contribution in [0.15, 0.2) is 17.6 Å². The van der Waals surface area contributed by atoms with Crippen LogP contribution < -0.4 is 0 Å². The molecule has 1 fully saturated rings. The Labute approximate surface area is 123 Å². The van der Waals surface area contributed by atoms with Gasteiger partial charge in [0.25, 0.3) is 10.0 Å². The van der Waals surface area contributed by atoms with Gasteiger partial charge in [-0.25, -0.2) is 18.2 Å². The van der Waals surface area contributed by atoms with Crippen molar-refractivity contribution < 1.29 is 23.1 Å². The standard InChI is InChI=1S/C12H19N3O5S/c1-2-14-7-11(13-9-14)21(18,19)15-5-3-10(4-6-15)20-8-12(16)17/h7,9-10H,2-6,8H2,1H3,(H,16,17). The molecule has 8 nitrogen and oxygen atoms in total. The summed E-state index contributed by atoms with van der Waals surface area (Å²) in [6.45, 7) is 2.84. The zero-order chi connectivity index (χ0) is 15.5. The molecule has 1 aromatic heterocycles. The monoisotopic (exact) mass is 317 g/mol. The van der Waals surface area contributed by atoms with Gasteiger partial charge in [-0.2, -0.15) is 4.31 Å². The molecule has 0 aliphatic carbocycles. The van der Waals surface area contributed by atoms with Crippen molar-refractivity contribution in [3.63, 3.8) is 0 Å². The first-order chi connectivity index (χ1) is 9.93. The molecule has 0 saturated carbocycles. The molecule has 2 heterocycles. The quantitative estimate of drug-likeness (QED) is 0.802. The van der Waals surface area contributed by atoms with Crippen LogP contribution in [0.3, 0.4) is 0 Å². The van der Waals surface area contributed by atoms with Crippen LogP contribution in [0, 0.1) is 0 Å². The maximum absolute atomic E-state index is 12.4. The van der Waals surface area contributed by atoms with Crippen molar-refractivity contribution in [3.8, 4) is 0 Å². The molecule has 2 rings (SSSR count). The fourth-order valence-electron chi connectivity index (χ4n) is 2.21. The van der Waals surface area contributed by atoms with Crippen LogP contribution in [0.2, 0.25) is 0 Å². The van der Waals surface area contributed by atoms with E-state index in [-0.39, 0.29) is 17.7 Å². The summed E-state index contributed by atoms with van der Waals surface area (Å²) in [5.74, 6) is -1.02. The van der Waals surface area contributed by atoms with Crippen molar-refractivity contribution in [3.05, 3.63) is 12.5 Å². The van der Waals surface area contributed by atoms with Gasteiger partial charge < -0.3 is 14.4 Å². The molecule has 1 aromatic rings. The number of hydrogen-bond acceptors (Lipinski definition) is 5. The molecule has 0 spiro atoms. The number of aliphatic carboxylic acids is 1. The van der Waals surface area contributed by atoms with Gasteiger partial charge in [-0.05, 0) is 19.8 Å². The third kappa shape index (κ3) is 3.80. The second-order valence-corrected chi connectivity index (χ2v) is 6.74. The van der Waals surface area contributed by atoms with Gasteiger partial charge in [0.05, 0.1) is 12.4 Å². The van der Waals surface area contributed by atoms with Crippen LogP contribution in [-0.4, -0.2) is 59.2 Å². The summed E-state index contributed by atoms with van der Waals surface area (Å²) in [5, 5.41) is 8.61. The Bertz CT molecular complexity index is 590. The molecular weight excluding hydrogens is 298 g/mol. The Morgan fingerprint density at radius 1 is 1.48 bits per heavy atom. The van der Waals surface area contributed by atoms with Gasteiger partial charge in [-0.1, -0.05) is 0 Å². The smallest absolute Gasteiger partial charge is 0.329 e. The van der Waals surface area contributed by atoms with Gasteiger partial charge in [0, 0.05) is 25.8 Å². The van der Waals surface area contributed by atoms with Crippen molar-refractivity contribution in [1.82, 2.24) is 13.9 Å². The first kappa shape index (κ1) is 15.9. The first-order valence-corrected chi connectivity index (χ1v) is 8.22. The molecule has 0 radical (unpaired) electrons. The van der Waals surface area contributed by atoms with Crippen LogP contribution in [0.5, 0.6) is 0 Å². The molecule has 1 aliphatic heterocycles. The van der Waals surface area contributed by atoms with E-state index in [4.69, 9.17) is 9.84 Å². The zero-order valence-electron chi connectivity index (χ0n) is 11.8. The minimum Gasteiger partial charge on any atom is -0.480 e. The lowest BCUT2D eigenvalue weighted by atomic mass is 10.1. The second-order valence-electron chi connectivity index (χ2n) is 4.85. The molecule has 9 heteroatoms. The van der Waals surface area contributed by atoms with Crippen molar-refractivity contribution in [1.29, 1.82) is 0 Å². The minimum atomic E-state index is -3.58. The summed E-state index contributed by atoms with van der Waals surface area (Å²) in [6.07, 6.45) is 3.78. The average molecular weight is 317 g/mol. The molecule has 21 heavy (non-hydrogen) atoms. The van der Waals surface area contributed by atoms with E-state index in [1.807, 2.05) is 6.92 Å². The third-order valence-electron chi connectivity index (χ3n) is 3.42. The van der Waals surface area contributed by atoms with Crippen LogP contribution in [0.1, 0.15) is 19.8 Å². The highest BCUT2D eigenvalue weighted by Crippen LogP contribution is 2.21. The summed E-state index contributed by atoms with van der Waals surface area (Å²) in [6, 6.07) is 0. The lowest BCUT2D eigenvalue weighted by Crippen LogP contribution is -2.41. The molecule has 0 amide bonds. The van der Waals surface area contributed by atoms with E-state index in [0.29, 0.717) is 32.5 Å². The lowest BCUT2D eigenvalue weighted by molar-refractivity contribution is -0.145. The van der Waals surface area contributed by atoms with E-state index < -0.39 is 16.0 Å². The predicted octanol–water partition coefficient (Wildman–Crippen LogP) is 0.157. The number of ether oxygens (including phenoxy) is 1. The molecule has 0 atom stereocenters. The zero-order valence-corrected chi connectivity index (χ0v) is 12.6. The Balaban J connectivity index is 1.96. The first-order valence-electron chi connectivity index (χ1n) is 6.78. The Kier molecular flexibility index (Phi) is 4.96. The molecule has 118 valence electrons. The molecule has 1 saturated heterocycles. The number of carboxylic acids is 1. The minimum absolute atomic E-state index is 0.0502. The highest BCUT2D eigenvalue weighted by atomic mass is 32.2. The third-order valence-corrected chi connectivity index (χ3v) is 5.21. The summed E-state index contributed by atoms with van der Waals surface area (Å²) in [4.78, 5) is 14.4. The maximum Gasteiger partial charge on any atom is 0.329 e. The van der Waals surface area contributed by atoms with Crippen LogP contribution in [-0.2, 0) is 26.1 Å². The van der Waals surface area contributed by atoms with E-state index in [9.17, 15) is 13.2 Å². The number of aromatic nitrogens is 2. The SMILES string of the molecule is CCn1cnc(S(=O)(=O)N2CCC(OCC(=O)O)CC2)c1. The largest absolute Gasteiger partial charge is 0.480 e. The molecule has 0 unspecified atom stereocenters. The second kappa shape index (κ2) is 6.54. The Morgan fingerprint density at radius 2 is 2.14 bits per heavy atom. The van der Waals surface area contributed by atoms with E-state index in [0.717, 1.165) is 0 Å². The topological polar surface area (TPSA) is 102 Å². The van der Waals surface area contributed by atoms with Crippen molar-refractivity contribution in [2.24, 2.45) is 0 Å². The molecule has 1 N–H and O–H groups in total. The molecule has 0 bridgehead atoms. The van der Waals surface area contributed by atoms with Crippen LogP contribution in [0.4, 0.5) is 0 Å². The highest BCUT2D eigenvalue weighted by molar-refractivity contribution is 7.89. The predicted molar refractivity (Wildman–Crippen MR) is 73.3 cm³/mol. The fourth-order valence-corrected chi connectivity index (χ4v) is 3.61. The van der Waals surface area contributed by atoms with Gasteiger partial charge in [0.1, 0.15) is 6.61 Å². The normalized spacial score (nSPS) is 18.0. The van der Waals surface area contributed by atoms with Gasteiger partial charge in [-0.3, -0.25) is 0 Å². The van der Waals surface area contributed by atoms with Gasteiger partial charge in [0.15, 0.2) is 5.03 Å². The number of rotatable bonds is 6. The van der Waals surface area contributed by atoms with Crippen molar-refractivity contribution >= 4 is 16.0 Å². The van der Waals surface area contributed by atoms with Gasteiger partial charge in [-0.15, -0.1) is 0 Å². The summed E-state index contributed by atoms with van der Waals surface area (Å²) in [7, 11) is -3.58. The number of imidazole rings is 1. The van der Waals surface area contributed by atoms with Crippen LogP contribution >= 0.6 is 0 Å². The number of carbonyl (C=O) groups is 1. The number of carboxylic acid groups (broad SMARTS) is 1. The van der Waals surface area contributed by atoms with Crippen LogP contribution in [0.25, 0.3) is 0 Å². The molecule has 1 aliphatic rings. The van der Waals surface area contributed by atoms with E-state index >= 15 is 0 Å². The molecule has 0 aromatic carbocycles. The van der Waals surface area contributed by atoms with E-state index in [2.05, 4.69) is 4.98 Å². The average Bonchev–Trinajstić information content (AvgIpc) is 2.95. The van der Waals surface area contributed by atoms with Crippen molar-refractivity contribution in [2.75, 3.05) is 19.7 Å². The summed E-state index contributed by atoms with van der Waals surface area (Å²) < 4.78 is 33.1. The van der Waals surface area contributed by atoms with E-state index in [1.165, 1.54) is 16.8 Å². The van der Waals surface area contributed by atoms with Gasteiger partial charge >= 0.3 is 5.97 Å². The number of aryl methyl sites for hydroxylation is 1. The lowest BCUT2D eigenvalue weighted by Gasteiger charge is -2.30. The fraction of sp³-hybridized carbons (Fsp3) is 0.667. The number of sulfonamides is 1. The summed E-state index contributed by atoms with van der Waals surface area (Å²) >= 11 is 0. The van der Waals surface area contributed by atoms with Gasteiger partial charge in [0.2, 0.25) is 0 Å².